The van der Waals surface area contributed by atoms with Crippen molar-refractivity contribution in [2.24, 2.45) is 0 Å². The smallest absolute Gasteiger partial charge is 0.142 e. The first-order valence-corrected chi connectivity index (χ1v) is 4.58. The summed E-state index contributed by atoms with van der Waals surface area (Å²) in [4.78, 5) is 0. The Kier molecular flexibility index (Phi) is 2.81. The lowest BCUT2D eigenvalue weighted by Gasteiger charge is -2.25. The molecule has 0 heterocycles. The Labute approximate surface area is 79.7 Å². The van der Waals surface area contributed by atoms with Crippen LogP contribution in [0, 0.1) is 0 Å². The third-order valence-electron chi connectivity index (χ3n) is 2.16. The zero-order valence-corrected chi connectivity index (χ0v) is 8.50. The number of nitrogen functional groups attached to an aromatic ring is 1. The Bertz CT molecular complexity index is 281. The third kappa shape index (κ3) is 2.65. The summed E-state index contributed by atoms with van der Waals surface area (Å²) in [5, 5.41) is 0. The molecule has 0 bridgehead atoms. The zero-order chi connectivity index (χ0) is 9.90. The molecule has 0 radical (unpaired) electrons. The van der Waals surface area contributed by atoms with Gasteiger partial charge in [-0.05, 0) is 32.4 Å². The van der Waals surface area contributed by atoms with Crippen molar-refractivity contribution >= 4 is 5.69 Å². The number of rotatable bonds is 3. The number of hydrogen-bond donors (Lipinski definition) is 1. The largest absolute Gasteiger partial charge is 0.486 e. The first-order chi connectivity index (χ1) is 6.05. The topological polar surface area (TPSA) is 35.2 Å². The minimum absolute atomic E-state index is 0.143. The molecule has 0 unspecified atom stereocenters. The molecule has 1 aromatic carbocycles. The van der Waals surface area contributed by atoms with Gasteiger partial charge in [0.2, 0.25) is 0 Å². The molecule has 0 atom stereocenters. The fraction of sp³-hybridized carbons (Fsp3) is 0.455. The minimum Gasteiger partial charge on any atom is -0.486 e. The van der Waals surface area contributed by atoms with E-state index in [2.05, 4.69) is 20.8 Å². The highest BCUT2D eigenvalue weighted by atomic mass is 16.5. The van der Waals surface area contributed by atoms with Gasteiger partial charge in [-0.3, -0.25) is 0 Å². The first kappa shape index (κ1) is 9.90. The summed E-state index contributed by atoms with van der Waals surface area (Å²) in [6, 6.07) is 7.58. The van der Waals surface area contributed by atoms with E-state index in [0.29, 0.717) is 5.69 Å². The Morgan fingerprint density at radius 2 is 1.92 bits per heavy atom. The summed E-state index contributed by atoms with van der Waals surface area (Å²) >= 11 is 0. The number of benzene rings is 1. The molecule has 13 heavy (non-hydrogen) atoms. The normalized spacial score (nSPS) is 11.3. The van der Waals surface area contributed by atoms with Gasteiger partial charge in [0, 0.05) is 0 Å². The van der Waals surface area contributed by atoms with E-state index in [4.69, 9.17) is 10.5 Å². The molecule has 0 aliphatic rings. The molecule has 0 aromatic heterocycles. The van der Waals surface area contributed by atoms with E-state index in [9.17, 15) is 0 Å². The van der Waals surface area contributed by atoms with Crippen molar-refractivity contribution in [3.8, 4) is 5.75 Å². The lowest BCUT2D eigenvalue weighted by atomic mass is 10.1. The molecule has 0 amide bonds. The average Bonchev–Trinajstić information content (AvgIpc) is 2.09. The first-order valence-electron chi connectivity index (χ1n) is 4.58. The van der Waals surface area contributed by atoms with Crippen molar-refractivity contribution < 1.29 is 4.74 Å². The van der Waals surface area contributed by atoms with Crippen LogP contribution in [0.5, 0.6) is 5.75 Å². The standard InChI is InChI=1S/C11H17NO/c1-4-11(2,3)13-10-8-6-5-7-9(10)12/h5-8H,4,12H2,1-3H3. The van der Waals surface area contributed by atoms with Gasteiger partial charge in [0.25, 0.3) is 0 Å². The predicted molar refractivity (Wildman–Crippen MR) is 55.9 cm³/mol. The van der Waals surface area contributed by atoms with Gasteiger partial charge in [-0.15, -0.1) is 0 Å². The molecule has 2 N–H and O–H groups in total. The van der Waals surface area contributed by atoms with Crippen LogP contribution in [-0.4, -0.2) is 5.60 Å². The molecule has 1 aromatic rings. The molecular formula is C11H17NO. The van der Waals surface area contributed by atoms with E-state index in [-0.39, 0.29) is 5.60 Å². The lowest BCUT2D eigenvalue weighted by molar-refractivity contribution is 0.106. The van der Waals surface area contributed by atoms with Crippen molar-refractivity contribution in [1.29, 1.82) is 0 Å². The van der Waals surface area contributed by atoms with Crippen LogP contribution in [0.1, 0.15) is 27.2 Å². The lowest BCUT2D eigenvalue weighted by Crippen LogP contribution is -2.27. The van der Waals surface area contributed by atoms with Gasteiger partial charge < -0.3 is 10.5 Å². The fourth-order valence-electron chi connectivity index (χ4n) is 0.943. The zero-order valence-electron chi connectivity index (χ0n) is 8.50. The molecule has 0 fully saturated rings. The van der Waals surface area contributed by atoms with Gasteiger partial charge in [-0.25, -0.2) is 0 Å². The molecule has 0 saturated carbocycles. The van der Waals surface area contributed by atoms with Crippen molar-refractivity contribution in [3.05, 3.63) is 24.3 Å². The molecule has 0 saturated heterocycles. The Hall–Kier alpha value is -1.18. The number of nitrogens with two attached hydrogens (primary N) is 1. The van der Waals surface area contributed by atoms with Crippen LogP contribution in [0.4, 0.5) is 5.69 Å². The van der Waals surface area contributed by atoms with Gasteiger partial charge in [-0.1, -0.05) is 19.1 Å². The predicted octanol–water partition coefficient (Wildman–Crippen LogP) is 2.84. The third-order valence-corrected chi connectivity index (χ3v) is 2.16. The Morgan fingerprint density at radius 3 is 2.46 bits per heavy atom. The molecule has 2 nitrogen and oxygen atoms in total. The van der Waals surface area contributed by atoms with E-state index in [1.165, 1.54) is 0 Å². The maximum Gasteiger partial charge on any atom is 0.142 e. The van der Waals surface area contributed by atoms with E-state index in [1.807, 2.05) is 24.3 Å². The number of anilines is 1. The van der Waals surface area contributed by atoms with E-state index >= 15 is 0 Å². The van der Waals surface area contributed by atoms with Crippen molar-refractivity contribution in [2.75, 3.05) is 5.73 Å². The van der Waals surface area contributed by atoms with Crippen molar-refractivity contribution in [3.63, 3.8) is 0 Å². The molecule has 0 aliphatic heterocycles. The molecule has 0 aliphatic carbocycles. The van der Waals surface area contributed by atoms with Crippen LogP contribution in [0.25, 0.3) is 0 Å². The second-order valence-electron chi connectivity index (χ2n) is 3.75. The highest BCUT2D eigenvalue weighted by Gasteiger charge is 2.17. The van der Waals surface area contributed by atoms with Crippen molar-refractivity contribution in [1.82, 2.24) is 0 Å². The Balaban J connectivity index is 2.80. The summed E-state index contributed by atoms with van der Waals surface area (Å²) < 4.78 is 5.76. The molecule has 1 rings (SSSR count). The van der Waals surface area contributed by atoms with Crippen LogP contribution in [0.2, 0.25) is 0 Å². The van der Waals surface area contributed by atoms with E-state index in [0.717, 1.165) is 12.2 Å². The summed E-state index contributed by atoms with van der Waals surface area (Å²) in [6.07, 6.45) is 0.960. The van der Waals surface area contributed by atoms with E-state index in [1.54, 1.807) is 0 Å². The summed E-state index contributed by atoms with van der Waals surface area (Å²) in [7, 11) is 0. The highest BCUT2D eigenvalue weighted by molar-refractivity contribution is 5.52. The van der Waals surface area contributed by atoms with Crippen LogP contribution in [0.3, 0.4) is 0 Å². The van der Waals surface area contributed by atoms with Gasteiger partial charge in [0.1, 0.15) is 11.4 Å². The molecule has 2 heteroatoms. The number of ether oxygens (including phenoxy) is 1. The van der Waals surface area contributed by atoms with Crippen molar-refractivity contribution in [2.45, 2.75) is 32.8 Å². The van der Waals surface area contributed by atoms with Gasteiger partial charge in [0.15, 0.2) is 0 Å². The van der Waals surface area contributed by atoms with Gasteiger partial charge in [-0.2, -0.15) is 0 Å². The minimum atomic E-state index is -0.143. The van der Waals surface area contributed by atoms with Crippen LogP contribution < -0.4 is 10.5 Å². The Morgan fingerprint density at radius 1 is 1.31 bits per heavy atom. The number of hydrogen-bond acceptors (Lipinski definition) is 2. The van der Waals surface area contributed by atoms with Gasteiger partial charge in [0.05, 0.1) is 5.69 Å². The second-order valence-corrected chi connectivity index (χ2v) is 3.75. The molecule has 72 valence electrons. The summed E-state index contributed by atoms with van der Waals surface area (Å²) in [6.45, 7) is 6.21. The average molecular weight is 179 g/mol. The van der Waals surface area contributed by atoms with Crippen LogP contribution in [-0.2, 0) is 0 Å². The van der Waals surface area contributed by atoms with Gasteiger partial charge >= 0.3 is 0 Å². The van der Waals surface area contributed by atoms with Crippen LogP contribution >= 0.6 is 0 Å². The summed E-state index contributed by atoms with van der Waals surface area (Å²) in [5.41, 5.74) is 6.31. The maximum atomic E-state index is 5.76. The second kappa shape index (κ2) is 3.69. The summed E-state index contributed by atoms with van der Waals surface area (Å²) in [5.74, 6) is 0.773. The SMILES string of the molecule is CCC(C)(C)Oc1ccccc1N. The molecule has 0 spiro atoms. The fourth-order valence-corrected chi connectivity index (χ4v) is 0.943. The molecular weight excluding hydrogens is 162 g/mol. The monoisotopic (exact) mass is 179 g/mol. The number of para-hydroxylation sites is 2. The van der Waals surface area contributed by atoms with E-state index < -0.39 is 0 Å². The maximum absolute atomic E-state index is 5.76. The van der Waals surface area contributed by atoms with Crippen LogP contribution in [0.15, 0.2) is 24.3 Å². The highest BCUT2D eigenvalue weighted by Crippen LogP contribution is 2.26. The quantitative estimate of drug-likeness (QED) is 0.724.